The van der Waals surface area contributed by atoms with Gasteiger partial charge in [-0.2, -0.15) is 11.8 Å². The Balaban J connectivity index is 3.96. The number of aliphatic hydroxyl groups excluding tert-OH is 2. The highest BCUT2D eigenvalue weighted by Crippen LogP contribution is 2.20. The highest BCUT2D eigenvalue weighted by molar-refractivity contribution is 7.98. The zero-order valence-corrected chi connectivity index (χ0v) is 7.86. The van der Waals surface area contributed by atoms with Crippen molar-refractivity contribution in [2.24, 2.45) is 5.41 Å². The topological polar surface area (TPSA) is 49.7 Å². The molecule has 0 aliphatic carbocycles. The Morgan fingerprint density at radius 3 is 2.18 bits per heavy atom. The van der Waals surface area contributed by atoms with Crippen LogP contribution in [0.1, 0.15) is 0 Å². The van der Waals surface area contributed by atoms with Crippen molar-refractivity contribution in [1.29, 1.82) is 0 Å². The lowest BCUT2D eigenvalue weighted by atomic mass is 9.94. The summed E-state index contributed by atoms with van der Waals surface area (Å²) < 4.78 is 4.91. The lowest BCUT2D eigenvalue weighted by molar-refractivity contribution is 0.00498. The molecule has 11 heavy (non-hydrogen) atoms. The standard InChI is InChI=1S/C7H16O3S/c1-10-5-7(3-8,4-9)6-11-2/h8-9H,3-6H2,1-2H3. The van der Waals surface area contributed by atoms with Crippen LogP contribution in [-0.2, 0) is 4.74 Å². The summed E-state index contributed by atoms with van der Waals surface area (Å²) in [5.41, 5.74) is -0.464. The molecule has 0 saturated heterocycles. The predicted octanol–water partition coefficient (Wildman–Crippen LogP) is -0.0332. The number of hydrogen-bond donors (Lipinski definition) is 2. The zero-order valence-electron chi connectivity index (χ0n) is 7.04. The van der Waals surface area contributed by atoms with Crippen LogP contribution in [0.2, 0.25) is 0 Å². The highest BCUT2D eigenvalue weighted by Gasteiger charge is 2.27. The maximum atomic E-state index is 8.99. The van der Waals surface area contributed by atoms with E-state index >= 15 is 0 Å². The fourth-order valence-electron chi connectivity index (χ4n) is 0.887. The third kappa shape index (κ3) is 3.42. The van der Waals surface area contributed by atoms with Crippen LogP contribution >= 0.6 is 11.8 Å². The molecule has 2 N–H and O–H groups in total. The van der Waals surface area contributed by atoms with Crippen LogP contribution in [0, 0.1) is 5.41 Å². The number of ether oxygens (including phenoxy) is 1. The van der Waals surface area contributed by atoms with Gasteiger partial charge in [0.15, 0.2) is 0 Å². The maximum Gasteiger partial charge on any atom is 0.0570 e. The first-order valence-electron chi connectivity index (χ1n) is 3.44. The minimum atomic E-state index is -0.464. The number of thioether (sulfide) groups is 1. The van der Waals surface area contributed by atoms with Gasteiger partial charge in [0.25, 0.3) is 0 Å². The van der Waals surface area contributed by atoms with Crippen molar-refractivity contribution in [3.8, 4) is 0 Å². The van der Waals surface area contributed by atoms with Crippen LogP contribution < -0.4 is 0 Å². The second-order valence-corrected chi connectivity index (χ2v) is 3.55. The number of aliphatic hydroxyl groups is 2. The van der Waals surface area contributed by atoms with E-state index in [4.69, 9.17) is 14.9 Å². The fraction of sp³-hybridized carbons (Fsp3) is 1.00. The summed E-state index contributed by atoms with van der Waals surface area (Å²) in [4.78, 5) is 0. The Hall–Kier alpha value is 0.230. The molecule has 0 aromatic carbocycles. The van der Waals surface area contributed by atoms with E-state index < -0.39 is 5.41 Å². The summed E-state index contributed by atoms with van der Waals surface area (Å²) in [5.74, 6) is 0.716. The predicted molar refractivity (Wildman–Crippen MR) is 46.9 cm³/mol. The van der Waals surface area contributed by atoms with Gasteiger partial charge in [-0.25, -0.2) is 0 Å². The van der Waals surface area contributed by atoms with Gasteiger partial charge < -0.3 is 14.9 Å². The van der Waals surface area contributed by atoms with Gasteiger partial charge in [-0.1, -0.05) is 0 Å². The van der Waals surface area contributed by atoms with E-state index in [0.29, 0.717) is 12.4 Å². The summed E-state index contributed by atoms with van der Waals surface area (Å²) in [6, 6.07) is 0. The van der Waals surface area contributed by atoms with Crippen LogP contribution in [-0.4, -0.2) is 49.2 Å². The molecule has 0 atom stereocenters. The molecule has 3 nitrogen and oxygen atoms in total. The minimum absolute atomic E-state index is 0.0296. The van der Waals surface area contributed by atoms with E-state index in [9.17, 15) is 0 Å². The molecule has 0 aliphatic heterocycles. The average molecular weight is 180 g/mol. The van der Waals surface area contributed by atoms with Crippen molar-refractivity contribution in [1.82, 2.24) is 0 Å². The Morgan fingerprint density at radius 1 is 1.36 bits per heavy atom. The summed E-state index contributed by atoms with van der Waals surface area (Å²) in [6.45, 7) is 0.344. The lowest BCUT2D eigenvalue weighted by Crippen LogP contribution is -2.37. The number of hydrogen-bond acceptors (Lipinski definition) is 4. The third-order valence-electron chi connectivity index (χ3n) is 1.57. The molecule has 68 valence electrons. The summed E-state index contributed by atoms with van der Waals surface area (Å²) in [5, 5.41) is 18.0. The first kappa shape index (κ1) is 11.2. The monoisotopic (exact) mass is 180 g/mol. The molecule has 4 heteroatoms. The largest absolute Gasteiger partial charge is 0.396 e. The Kier molecular flexibility index (Phi) is 5.95. The van der Waals surface area contributed by atoms with Gasteiger partial charge in [0.1, 0.15) is 0 Å². The molecule has 0 bridgehead atoms. The molecular weight excluding hydrogens is 164 g/mol. The molecule has 0 unspecified atom stereocenters. The van der Waals surface area contributed by atoms with Gasteiger partial charge in [0.2, 0.25) is 0 Å². The first-order valence-corrected chi connectivity index (χ1v) is 4.83. The SMILES string of the molecule is COCC(CO)(CO)CSC. The van der Waals surface area contributed by atoms with Crippen LogP contribution in [0.4, 0.5) is 0 Å². The maximum absolute atomic E-state index is 8.99. The summed E-state index contributed by atoms with van der Waals surface area (Å²) in [7, 11) is 1.57. The Bertz CT molecular complexity index is 85.7. The van der Waals surface area contributed by atoms with Gasteiger partial charge in [0, 0.05) is 18.3 Å². The van der Waals surface area contributed by atoms with E-state index in [-0.39, 0.29) is 13.2 Å². The number of methoxy groups -OCH3 is 1. The first-order chi connectivity index (χ1) is 5.24. The second kappa shape index (κ2) is 5.83. The van der Waals surface area contributed by atoms with Crippen molar-refractivity contribution < 1.29 is 14.9 Å². The van der Waals surface area contributed by atoms with Gasteiger partial charge in [0.05, 0.1) is 19.8 Å². The van der Waals surface area contributed by atoms with Gasteiger partial charge >= 0.3 is 0 Å². The van der Waals surface area contributed by atoms with Crippen molar-refractivity contribution in [3.05, 3.63) is 0 Å². The van der Waals surface area contributed by atoms with Crippen molar-refractivity contribution >= 4 is 11.8 Å². The zero-order chi connectivity index (χ0) is 8.74. The normalized spacial score (nSPS) is 12.0. The fourth-order valence-corrected chi connectivity index (χ4v) is 1.76. The molecule has 0 aliphatic rings. The highest BCUT2D eigenvalue weighted by atomic mass is 32.2. The van der Waals surface area contributed by atoms with E-state index in [1.807, 2.05) is 6.26 Å². The molecule has 0 rings (SSSR count). The quantitative estimate of drug-likeness (QED) is 0.602. The molecule has 0 spiro atoms. The minimum Gasteiger partial charge on any atom is -0.396 e. The third-order valence-corrected chi connectivity index (χ3v) is 2.47. The molecule has 0 fully saturated rings. The Labute approximate surface area is 71.8 Å². The van der Waals surface area contributed by atoms with Crippen molar-refractivity contribution in [2.45, 2.75) is 0 Å². The second-order valence-electron chi connectivity index (χ2n) is 2.68. The van der Waals surface area contributed by atoms with Crippen LogP contribution in [0.5, 0.6) is 0 Å². The van der Waals surface area contributed by atoms with Gasteiger partial charge in [-0.05, 0) is 6.26 Å². The molecule has 0 aromatic rings. The summed E-state index contributed by atoms with van der Waals surface area (Å²) in [6.07, 6.45) is 1.94. The van der Waals surface area contributed by atoms with Gasteiger partial charge in [-0.15, -0.1) is 0 Å². The smallest absolute Gasteiger partial charge is 0.0570 e. The molecule has 0 amide bonds. The van der Waals surface area contributed by atoms with Crippen LogP contribution in [0.25, 0.3) is 0 Å². The number of rotatable bonds is 6. The average Bonchev–Trinajstić information content (AvgIpc) is 2.04. The molecule has 0 heterocycles. The molecule has 0 radical (unpaired) electrons. The summed E-state index contributed by atoms with van der Waals surface area (Å²) >= 11 is 1.60. The van der Waals surface area contributed by atoms with E-state index in [0.717, 1.165) is 0 Å². The van der Waals surface area contributed by atoms with Crippen LogP contribution in [0.3, 0.4) is 0 Å². The van der Waals surface area contributed by atoms with E-state index in [2.05, 4.69) is 0 Å². The van der Waals surface area contributed by atoms with E-state index in [1.54, 1.807) is 18.9 Å². The molecule has 0 aromatic heterocycles. The lowest BCUT2D eigenvalue weighted by Gasteiger charge is -2.27. The molecule has 0 saturated carbocycles. The van der Waals surface area contributed by atoms with Crippen molar-refractivity contribution in [3.63, 3.8) is 0 Å². The van der Waals surface area contributed by atoms with Crippen molar-refractivity contribution in [2.75, 3.05) is 38.9 Å². The Morgan fingerprint density at radius 2 is 1.91 bits per heavy atom. The van der Waals surface area contributed by atoms with Gasteiger partial charge in [-0.3, -0.25) is 0 Å². The molecular formula is C7H16O3S. The van der Waals surface area contributed by atoms with Crippen LogP contribution in [0.15, 0.2) is 0 Å². The van der Waals surface area contributed by atoms with E-state index in [1.165, 1.54) is 0 Å².